The van der Waals surface area contributed by atoms with Crippen LogP contribution in [0.4, 0.5) is 4.39 Å². The highest BCUT2D eigenvalue weighted by Crippen LogP contribution is 2.35. The Labute approximate surface area is 164 Å². The first-order valence-corrected chi connectivity index (χ1v) is 10.0. The minimum absolute atomic E-state index is 0.0178. The Morgan fingerprint density at radius 2 is 1.67 bits per heavy atom. The molecule has 2 fully saturated rings. The van der Waals surface area contributed by atoms with Gasteiger partial charge in [-0.1, -0.05) is 23.7 Å². The maximum atomic E-state index is 13.1. The summed E-state index contributed by atoms with van der Waals surface area (Å²) in [4.78, 5) is 15.1. The highest BCUT2D eigenvalue weighted by atomic mass is 35.5. The summed E-state index contributed by atoms with van der Waals surface area (Å²) < 4.78 is 13.1. The molecule has 2 bridgehead atoms. The molecule has 27 heavy (non-hydrogen) atoms. The van der Waals surface area contributed by atoms with Crippen molar-refractivity contribution in [2.75, 3.05) is 6.54 Å². The summed E-state index contributed by atoms with van der Waals surface area (Å²) in [5.74, 6) is -0.202. The van der Waals surface area contributed by atoms with Crippen LogP contribution in [0.1, 0.15) is 41.6 Å². The third kappa shape index (κ3) is 4.33. The van der Waals surface area contributed by atoms with Crippen LogP contribution in [0, 0.1) is 5.82 Å². The van der Waals surface area contributed by atoms with E-state index in [1.54, 1.807) is 24.3 Å². The predicted molar refractivity (Wildman–Crippen MR) is 106 cm³/mol. The topological polar surface area (TPSA) is 32.3 Å². The van der Waals surface area contributed by atoms with Crippen molar-refractivity contribution in [1.29, 1.82) is 0 Å². The number of hydrogen-bond acceptors (Lipinski definition) is 2. The summed E-state index contributed by atoms with van der Waals surface area (Å²) in [6.45, 7) is 0.999. The number of nitrogens with one attached hydrogen (secondary N) is 1. The molecule has 1 N–H and O–H groups in total. The van der Waals surface area contributed by atoms with Crippen molar-refractivity contribution in [2.45, 2.75) is 50.2 Å². The minimum atomic E-state index is -0.184. The van der Waals surface area contributed by atoms with Crippen LogP contribution in [-0.4, -0.2) is 35.5 Å². The molecule has 2 atom stereocenters. The van der Waals surface area contributed by atoms with Crippen LogP contribution in [0.25, 0.3) is 0 Å². The van der Waals surface area contributed by atoms with E-state index in [-0.39, 0.29) is 17.8 Å². The zero-order valence-electron chi connectivity index (χ0n) is 15.2. The fourth-order valence-corrected chi connectivity index (χ4v) is 4.66. The molecular formula is C22H24ClFN2O. The lowest BCUT2D eigenvalue weighted by atomic mass is 9.96. The normalized spacial score (nSPS) is 24.7. The molecular weight excluding hydrogens is 363 g/mol. The van der Waals surface area contributed by atoms with Crippen molar-refractivity contribution in [1.82, 2.24) is 10.2 Å². The number of carbonyl (C=O) groups excluding carboxylic acids is 1. The minimum Gasteiger partial charge on any atom is -0.349 e. The fourth-order valence-electron chi connectivity index (χ4n) is 4.54. The van der Waals surface area contributed by atoms with Crippen LogP contribution < -0.4 is 5.32 Å². The number of rotatable bonds is 5. The van der Waals surface area contributed by atoms with Crippen LogP contribution >= 0.6 is 11.6 Å². The van der Waals surface area contributed by atoms with Crippen LogP contribution in [0.15, 0.2) is 48.5 Å². The summed E-state index contributed by atoms with van der Waals surface area (Å²) in [6.07, 6.45) is 5.33. The third-order valence-corrected chi connectivity index (χ3v) is 6.15. The monoisotopic (exact) mass is 386 g/mol. The second kappa shape index (κ2) is 7.99. The highest BCUT2D eigenvalue weighted by molar-refractivity contribution is 6.30. The first-order valence-electron chi connectivity index (χ1n) is 9.65. The molecule has 2 heterocycles. The van der Waals surface area contributed by atoms with Gasteiger partial charge in [-0.15, -0.1) is 0 Å². The maximum absolute atomic E-state index is 13.1. The summed E-state index contributed by atoms with van der Waals surface area (Å²) in [6, 6.07) is 15.1. The highest BCUT2D eigenvalue weighted by Gasteiger charge is 2.40. The van der Waals surface area contributed by atoms with Crippen molar-refractivity contribution in [2.24, 2.45) is 0 Å². The molecule has 4 rings (SSSR count). The molecule has 2 saturated heterocycles. The van der Waals surface area contributed by atoms with Crippen molar-refractivity contribution >= 4 is 17.5 Å². The number of piperidine rings is 1. The second-order valence-electron chi connectivity index (χ2n) is 7.65. The molecule has 2 aromatic rings. The van der Waals surface area contributed by atoms with Gasteiger partial charge in [-0.3, -0.25) is 9.69 Å². The van der Waals surface area contributed by atoms with Gasteiger partial charge < -0.3 is 5.32 Å². The Morgan fingerprint density at radius 1 is 1.04 bits per heavy atom. The molecule has 0 saturated carbocycles. The number of nitrogens with zero attached hydrogens (tertiary/aromatic N) is 1. The lowest BCUT2D eigenvalue weighted by Gasteiger charge is -2.39. The molecule has 3 nitrogen and oxygen atoms in total. The van der Waals surface area contributed by atoms with Gasteiger partial charge in [0.2, 0.25) is 0 Å². The Hall–Kier alpha value is -1.91. The second-order valence-corrected chi connectivity index (χ2v) is 8.08. The molecule has 2 unspecified atom stereocenters. The van der Waals surface area contributed by atoms with Gasteiger partial charge in [-0.25, -0.2) is 4.39 Å². The van der Waals surface area contributed by atoms with E-state index < -0.39 is 0 Å². The van der Waals surface area contributed by atoms with Crippen LogP contribution in [0.3, 0.4) is 0 Å². The summed E-state index contributed by atoms with van der Waals surface area (Å²) in [7, 11) is 0. The fraction of sp³-hybridized carbons (Fsp3) is 0.409. The number of carbonyl (C=O) groups is 1. The average molecular weight is 387 g/mol. The van der Waals surface area contributed by atoms with Gasteiger partial charge in [-0.05, 0) is 74.1 Å². The number of hydrogen-bond donors (Lipinski definition) is 1. The van der Waals surface area contributed by atoms with Crippen molar-refractivity contribution < 1.29 is 9.18 Å². The Bertz CT molecular complexity index is 779. The quantitative estimate of drug-likeness (QED) is 0.823. The van der Waals surface area contributed by atoms with E-state index in [4.69, 9.17) is 11.6 Å². The summed E-state index contributed by atoms with van der Waals surface area (Å²) >= 11 is 5.90. The van der Waals surface area contributed by atoms with Gasteiger partial charge in [0.1, 0.15) is 5.82 Å². The molecule has 0 radical (unpaired) electrons. The Balaban J connectivity index is 1.32. The van der Waals surface area contributed by atoms with Gasteiger partial charge in [0.15, 0.2) is 0 Å². The maximum Gasteiger partial charge on any atom is 0.251 e. The predicted octanol–water partition coefficient (Wildman–Crippen LogP) is 4.45. The van der Waals surface area contributed by atoms with Gasteiger partial charge >= 0.3 is 0 Å². The van der Waals surface area contributed by atoms with E-state index in [1.165, 1.54) is 30.5 Å². The van der Waals surface area contributed by atoms with Gasteiger partial charge in [0, 0.05) is 35.3 Å². The van der Waals surface area contributed by atoms with Crippen molar-refractivity contribution in [3.63, 3.8) is 0 Å². The van der Waals surface area contributed by atoms with Crippen LogP contribution in [0.2, 0.25) is 5.02 Å². The number of amides is 1. The largest absolute Gasteiger partial charge is 0.349 e. The van der Waals surface area contributed by atoms with Gasteiger partial charge in [-0.2, -0.15) is 0 Å². The van der Waals surface area contributed by atoms with E-state index in [0.29, 0.717) is 22.7 Å². The van der Waals surface area contributed by atoms with Crippen molar-refractivity contribution in [3.8, 4) is 0 Å². The molecule has 0 aliphatic carbocycles. The molecule has 2 aliphatic heterocycles. The lowest BCUT2D eigenvalue weighted by Crippen LogP contribution is -2.50. The molecule has 142 valence electrons. The van der Waals surface area contributed by atoms with E-state index in [1.807, 2.05) is 12.1 Å². The number of benzene rings is 2. The van der Waals surface area contributed by atoms with Crippen molar-refractivity contribution in [3.05, 3.63) is 70.5 Å². The molecule has 0 aromatic heterocycles. The summed E-state index contributed by atoms with van der Waals surface area (Å²) in [5.41, 5.74) is 1.83. The SMILES string of the molecule is O=C(NC1CC2CCC(C1)N2CCc1ccc(F)cc1)c1ccc(Cl)cc1. The first-order chi connectivity index (χ1) is 13.1. The number of halogens is 2. The standard InChI is InChI=1S/C22H24ClFN2O/c23-17-5-3-16(4-6-17)22(27)25-19-13-20-9-10-21(14-19)26(20)12-11-15-1-7-18(24)8-2-15/h1-8,19-21H,9-14H2,(H,25,27). The Kier molecular flexibility index (Phi) is 5.46. The van der Waals surface area contributed by atoms with E-state index in [0.717, 1.165) is 25.8 Å². The van der Waals surface area contributed by atoms with Gasteiger partial charge in [0.25, 0.3) is 5.91 Å². The number of fused-ring (bicyclic) bond motifs is 2. The molecule has 0 spiro atoms. The Morgan fingerprint density at radius 3 is 2.30 bits per heavy atom. The zero-order valence-corrected chi connectivity index (χ0v) is 16.0. The molecule has 2 aromatic carbocycles. The van der Waals surface area contributed by atoms with E-state index in [9.17, 15) is 9.18 Å². The molecule has 1 amide bonds. The van der Waals surface area contributed by atoms with Crippen LogP contribution in [0.5, 0.6) is 0 Å². The van der Waals surface area contributed by atoms with Crippen LogP contribution in [-0.2, 0) is 6.42 Å². The zero-order chi connectivity index (χ0) is 18.8. The third-order valence-electron chi connectivity index (χ3n) is 5.90. The summed E-state index contributed by atoms with van der Waals surface area (Å²) in [5, 5.41) is 3.84. The average Bonchev–Trinajstić information content (AvgIpc) is 2.90. The van der Waals surface area contributed by atoms with E-state index >= 15 is 0 Å². The molecule has 5 heteroatoms. The van der Waals surface area contributed by atoms with Gasteiger partial charge in [0.05, 0.1) is 0 Å². The van der Waals surface area contributed by atoms with E-state index in [2.05, 4.69) is 10.2 Å². The first kappa shape index (κ1) is 18.5. The lowest BCUT2D eigenvalue weighted by molar-refractivity contribution is 0.0848. The smallest absolute Gasteiger partial charge is 0.251 e. The molecule has 2 aliphatic rings.